The Morgan fingerprint density at radius 1 is 0.655 bits per heavy atom. The number of imide groups is 2. The van der Waals surface area contributed by atoms with Gasteiger partial charge in [0.2, 0.25) is 11.8 Å². The Kier molecular flexibility index (Phi) is 4.26. The van der Waals surface area contributed by atoms with E-state index in [0.717, 1.165) is 12.1 Å². The van der Waals surface area contributed by atoms with E-state index in [1.807, 2.05) is 10.6 Å². The third kappa shape index (κ3) is 2.72. The van der Waals surface area contributed by atoms with Crippen molar-refractivity contribution in [1.82, 2.24) is 21.3 Å². The highest BCUT2D eigenvalue weighted by Crippen LogP contribution is 2.49. The molecule has 2 atom stereocenters. The zero-order chi connectivity index (χ0) is 20.8. The van der Waals surface area contributed by atoms with E-state index in [9.17, 15) is 28.0 Å². The van der Waals surface area contributed by atoms with Gasteiger partial charge in [-0.3, -0.25) is 20.2 Å². The Bertz CT molecular complexity index is 979. The highest BCUT2D eigenvalue weighted by molar-refractivity contribution is 6.21. The molecular weight excluding hydrogens is 386 g/mol. The van der Waals surface area contributed by atoms with Crippen LogP contribution in [0.4, 0.5) is 18.4 Å². The number of barbiturate groups is 1. The Morgan fingerprint density at radius 3 is 1.48 bits per heavy atom. The molecule has 0 aliphatic carbocycles. The third-order valence-corrected chi connectivity index (χ3v) is 5.10. The lowest BCUT2D eigenvalue weighted by molar-refractivity contribution is -0.150. The predicted molar refractivity (Wildman–Crippen MR) is 94.1 cm³/mol. The molecule has 0 unspecified atom stereocenters. The normalized spacial score (nSPS) is 23.1. The van der Waals surface area contributed by atoms with E-state index < -0.39 is 53.0 Å². The van der Waals surface area contributed by atoms with E-state index in [1.165, 1.54) is 36.4 Å². The summed E-state index contributed by atoms with van der Waals surface area (Å²) in [6.07, 6.45) is 0. The van der Waals surface area contributed by atoms with E-state index in [0.29, 0.717) is 0 Å². The van der Waals surface area contributed by atoms with Gasteiger partial charge in [-0.25, -0.2) is 18.4 Å². The van der Waals surface area contributed by atoms with Gasteiger partial charge in [-0.1, -0.05) is 36.4 Å². The average Bonchev–Trinajstić information content (AvgIpc) is 2.67. The predicted octanol–water partition coefficient (Wildman–Crippen LogP) is 1.41. The minimum Gasteiger partial charge on any atom is -0.329 e. The van der Waals surface area contributed by atoms with Gasteiger partial charge >= 0.3 is 12.1 Å². The molecule has 4 rings (SSSR count). The van der Waals surface area contributed by atoms with Crippen LogP contribution in [0, 0.1) is 17.0 Å². The highest BCUT2D eigenvalue weighted by Gasteiger charge is 2.65. The number of halogens is 2. The molecule has 2 saturated heterocycles. The highest BCUT2D eigenvalue weighted by atomic mass is 19.1. The maximum absolute atomic E-state index is 14.6. The first kappa shape index (κ1) is 18.5. The van der Waals surface area contributed by atoms with Crippen LogP contribution >= 0.6 is 0 Å². The Morgan fingerprint density at radius 2 is 1.07 bits per heavy atom. The van der Waals surface area contributed by atoms with Crippen LogP contribution < -0.4 is 21.3 Å². The lowest BCUT2D eigenvalue weighted by Gasteiger charge is -2.48. The number of urea groups is 2. The SMILES string of the molecule is O=C1NC(=O)C2(C(=O)N1)[C@H](c1ccccc1F)NC(=O)N[C@H]2c1ccccc1F. The van der Waals surface area contributed by atoms with Gasteiger partial charge in [0.1, 0.15) is 11.6 Å². The molecule has 0 radical (unpaired) electrons. The summed E-state index contributed by atoms with van der Waals surface area (Å²) in [6.45, 7) is 0. The summed E-state index contributed by atoms with van der Waals surface area (Å²) in [6, 6.07) is 5.55. The Labute approximate surface area is 162 Å². The first-order valence-electron chi connectivity index (χ1n) is 8.58. The van der Waals surface area contributed by atoms with E-state index >= 15 is 0 Å². The molecule has 2 aromatic carbocycles. The van der Waals surface area contributed by atoms with Crippen molar-refractivity contribution in [2.75, 3.05) is 0 Å². The second-order valence-electron chi connectivity index (χ2n) is 6.63. The van der Waals surface area contributed by atoms with Gasteiger partial charge in [0.15, 0.2) is 5.41 Å². The number of benzene rings is 2. The van der Waals surface area contributed by atoms with Gasteiger partial charge < -0.3 is 10.6 Å². The maximum atomic E-state index is 14.6. The van der Waals surface area contributed by atoms with E-state index in [1.54, 1.807) is 0 Å². The van der Waals surface area contributed by atoms with Crippen LogP contribution in [0.5, 0.6) is 0 Å². The number of carbonyl (C=O) groups is 4. The molecule has 0 bridgehead atoms. The summed E-state index contributed by atoms with van der Waals surface area (Å²) in [5, 5.41) is 8.72. The van der Waals surface area contributed by atoms with Gasteiger partial charge in [-0.15, -0.1) is 0 Å². The summed E-state index contributed by atoms with van der Waals surface area (Å²) in [5.74, 6) is -3.77. The van der Waals surface area contributed by atoms with Crippen molar-refractivity contribution in [2.45, 2.75) is 12.1 Å². The molecule has 6 amide bonds. The molecule has 10 heteroatoms. The minimum atomic E-state index is -2.29. The topological polar surface area (TPSA) is 116 Å². The summed E-state index contributed by atoms with van der Waals surface area (Å²) >= 11 is 0. The van der Waals surface area contributed by atoms with Crippen molar-refractivity contribution in [2.24, 2.45) is 5.41 Å². The third-order valence-electron chi connectivity index (χ3n) is 5.10. The van der Waals surface area contributed by atoms with Crippen molar-refractivity contribution < 1.29 is 28.0 Å². The molecule has 2 aliphatic heterocycles. The van der Waals surface area contributed by atoms with Gasteiger partial charge in [0.25, 0.3) is 0 Å². The molecule has 1 spiro atoms. The molecular formula is C19H14F2N4O4. The minimum absolute atomic E-state index is 0.164. The van der Waals surface area contributed by atoms with Gasteiger partial charge in [-0.2, -0.15) is 0 Å². The quantitative estimate of drug-likeness (QED) is 0.571. The molecule has 2 heterocycles. The van der Waals surface area contributed by atoms with E-state index in [-0.39, 0.29) is 11.1 Å². The summed E-state index contributed by atoms with van der Waals surface area (Å²) < 4.78 is 29.2. The lowest BCUT2D eigenvalue weighted by Crippen LogP contribution is -2.73. The maximum Gasteiger partial charge on any atom is 0.328 e. The first-order chi connectivity index (χ1) is 13.9. The number of hydrogen-bond acceptors (Lipinski definition) is 4. The Balaban J connectivity index is 2.00. The first-order valence-corrected chi connectivity index (χ1v) is 8.58. The van der Waals surface area contributed by atoms with Crippen molar-refractivity contribution in [3.05, 3.63) is 71.3 Å². The number of amides is 6. The number of rotatable bonds is 2. The number of hydrogen-bond donors (Lipinski definition) is 4. The van der Waals surface area contributed by atoms with Crippen molar-refractivity contribution >= 4 is 23.9 Å². The van der Waals surface area contributed by atoms with Gasteiger partial charge in [0.05, 0.1) is 12.1 Å². The van der Waals surface area contributed by atoms with Crippen LogP contribution in [0.2, 0.25) is 0 Å². The molecule has 8 nitrogen and oxygen atoms in total. The molecule has 0 saturated carbocycles. The summed E-state index contributed by atoms with van der Waals surface area (Å²) in [4.78, 5) is 50.2. The smallest absolute Gasteiger partial charge is 0.328 e. The van der Waals surface area contributed by atoms with Crippen LogP contribution in [-0.2, 0) is 9.59 Å². The lowest BCUT2D eigenvalue weighted by atomic mass is 9.65. The van der Waals surface area contributed by atoms with E-state index in [2.05, 4.69) is 10.6 Å². The molecule has 2 aromatic rings. The number of carbonyl (C=O) groups excluding carboxylic acids is 4. The average molecular weight is 400 g/mol. The van der Waals surface area contributed by atoms with Gasteiger partial charge in [0, 0.05) is 11.1 Å². The fraction of sp³-hybridized carbons (Fsp3) is 0.158. The molecule has 0 aromatic heterocycles. The van der Waals surface area contributed by atoms with Crippen molar-refractivity contribution in [3.63, 3.8) is 0 Å². The van der Waals surface area contributed by atoms with Crippen LogP contribution in [0.3, 0.4) is 0 Å². The zero-order valence-corrected chi connectivity index (χ0v) is 14.7. The second-order valence-corrected chi connectivity index (χ2v) is 6.63. The Hall–Kier alpha value is -3.82. The monoisotopic (exact) mass is 400 g/mol. The van der Waals surface area contributed by atoms with E-state index in [4.69, 9.17) is 0 Å². The second kappa shape index (κ2) is 6.66. The van der Waals surface area contributed by atoms with Crippen LogP contribution in [-0.4, -0.2) is 23.9 Å². The van der Waals surface area contributed by atoms with Crippen molar-refractivity contribution in [1.29, 1.82) is 0 Å². The fourth-order valence-electron chi connectivity index (χ4n) is 3.83. The molecule has 2 aliphatic rings. The van der Waals surface area contributed by atoms with Gasteiger partial charge in [-0.05, 0) is 12.1 Å². The molecule has 29 heavy (non-hydrogen) atoms. The van der Waals surface area contributed by atoms with Crippen LogP contribution in [0.1, 0.15) is 23.2 Å². The molecule has 2 fully saturated rings. The van der Waals surface area contributed by atoms with Crippen LogP contribution in [0.15, 0.2) is 48.5 Å². The molecule has 148 valence electrons. The summed E-state index contributed by atoms with van der Waals surface area (Å²) in [5.41, 5.74) is -2.61. The van der Waals surface area contributed by atoms with Crippen LogP contribution in [0.25, 0.3) is 0 Å². The van der Waals surface area contributed by atoms with Crippen molar-refractivity contribution in [3.8, 4) is 0 Å². The fourth-order valence-corrected chi connectivity index (χ4v) is 3.83. The largest absolute Gasteiger partial charge is 0.329 e. The zero-order valence-electron chi connectivity index (χ0n) is 14.7. The standard InChI is InChI=1S/C19H14F2N4O4/c20-11-7-3-1-5-9(11)13-19(15(26)24-18(29)25-16(19)27)14(23-17(28)22-13)10-6-2-4-8-12(10)21/h1-8,13-14H,(H2,22,23,28)(H2,24,25,26,27,29)/t13-,14-/m0/s1. The molecule has 4 N–H and O–H groups in total. The summed E-state index contributed by atoms with van der Waals surface area (Å²) in [7, 11) is 0. The number of nitrogens with one attached hydrogen (secondary N) is 4.